The lowest BCUT2D eigenvalue weighted by molar-refractivity contribution is -0.742. The summed E-state index contributed by atoms with van der Waals surface area (Å²) in [7, 11) is 0. The SMILES string of the molecule is N=C1N=NN=N1.O=[N+]([O-])O. The maximum Gasteiger partial charge on any atom is 0.291 e. The first-order valence-electron chi connectivity index (χ1n) is 1.86. The molecular weight excluding hydrogens is 144 g/mol. The minimum absolute atomic E-state index is 0.130. The Morgan fingerprint density at radius 3 is 1.90 bits per heavy atom. The topological polar surface area (TPSA) is 137 Å². The van der Waals surface area contributed by atoms with Crippen molar-refractivity contribution in [3.05, 3.63) is 10.1 Å². The molecule has 10 heavy (non-hydrogen) atoms. The Labute approximate surface area is 53.7 Å². The van der Waals surface area contributed by atoms with E-state index >= 15 is 0 Å². The van der Waals surface area contributed by atoms with Gasteiger partial charge in [0.1, 0.15) is 0 Å². The van der Waals surface area contributed by atoms with Crippen LogP contribution in [0.15, 0.2) is 20.7 Å². The predicted octanol–water partition coefficient (Wildman–Crippen LogP) is 0.406. The van der Waals surface area contributed by atoms with Gasteiger partial charge in [-0.25, -0.2) is 0 Å². The fraction of sp³-hybridized carbons (Fsp3) is 0. The summed E-state index contributed by atoms with van der Waals surface area (Å²) in [5, 5.41) is 32.4. The van der Waals surface area contributed by atoms with Crippen LogP contribution in [-0.2, 0) is 0 Å². The van der Waals surface area contributed by atoms with Crippen LogP contribution >= 0.6 is 0 Å². The molecule has 0 saturated carbocycles. The van der Waals surface area contributed by atoms with E-state index in [1.165, 1.54) is 0 Å². The fourth-order valence-electron chi connectivity index (χ4n) is 0.145. The van der Waals surface area contributed by atoms with Gasteiger partial charge >= 0.3 is 0 Å². The first kappa shape index (κ1) is 8.07. The molecule has 9 heteroatoms. The molecule has 9 nitrogen and oxygen atoms in total. The Kier molecular flexibility index (Phi) is 3.23. The summed E-state index contributed by atoms with van der Waals surface area (Å²) in [5.74, 6) is -0.130. The second kappa shape index (κ2) is 4.00. The number of hydrogen-bond acceptors (Lipinski definition) is 5. The van der Waals surface area contributed by atoms with E-state index in [4.69, 9.17) is 20.7 Å². The van der Waals surface area contributed by atoms with Crippen LogP contribution in [0.5, 0.6) is 0 Å². The van der Waals surface area contributed by atoms with Gasteiger partial charge in [0.05, 0.1) is 0 Å². The summed E-state index contributed by atoms with van der Waals surface area (Å²) in [6.07, 6.45) is 0. The van der Waals surface area contributed by atoms with Crippen molar-refractivity contribution < 1.29 is 10.3 Å². The van der Waals surface area contributed by atoms with Crippen LogP contribution in [0.25, 0.3) is 0 Å². The highest BCUT2D eigenvalue weighted by molar-refractivity contribution is 5.77. The number of hydrogen-bond donors (Lipinski definition) is 2. The van der Waals surface area contributed by atoms with Crippen molar-refractivity contribution in [2.75, 3.05) is 0 Å². The smallest absolute Gasteiger partial charge is 0.291 e. The molecule has 1 aliphatic rings. The van der Waals surface area contributed by atoms with Gasteiger partial charge in [0.2, 0.25) is 0 Å². The zero-order valence-electron chi connectivity index (χ0n) is 4.50. The molecule has 0 amide bonds. The molecule has 1 rings (SSSR count). The lowest BCUT2D eigenvalue weighted by atomic mass is 11.1. The monoisotopic (exact) mass is 146 g/mol. The first-order valence-corrected chi connectivity index (χ1v) is 1.86. The molecule has 0 unspecified atom stereocenters. The first-order chi connectivity index (χ1) is 4.63. The summed E-state index contributed by atoms with van der Waals surface area (Å²) >= 11 is 0. The molecule has 0 bridgehead atoms. The number of nitrogens with zero attached hydrogens (tertiary/aromatic N) is 5. The van der Waals surface area contributed by atoms with Gasteiger partial charge in [-0.05, 0) is 10.4 Å². The molecule has 0 aromatic rings. The zero-order valence-corrected chi connectivity index (χ0v) is 4.50. The van der Waals surface area contributed by atoms with E-state index in [1.807, 2.05) is 0 Å². The van der Waals surface area contributed by atoms with Crippen molar-refractivity contribution in [1.82, 2.24) is 0 Å². The lowest BCUT2D eigenvalue weighted by Crippen LogP contribution is -1.81. The average Bonchev–Trinajstić information content (AvgIpc) is 2.15. The van der Waals surface area contributed by atoms with Gasteiger partial charge in [-0.3, -0.25) is 5.41 Å². The largest absolute Gasteiger partial charge is 0.328 e. The number of rotatable bonds is 0. The molecule has 1 aliphatic heterocycles. The van der Waals surface area contributed by atoms with Crippen LogP contribution < -0.4 is 0 Å². The molecule has 0 saturated heterocycles. The minimum atomic E-state index is -1.50. The molecule has 1 heterocycles. The van der Waals surface area contributed by atoms with E-state index in [2.05, 4.69) is 20.7 Å². The van der Waals surface area contributed by atoms with E-state index in [0.29, 0.717) is 0 Å². The molecule has 0 aromatic carbocycles. The molecule has 0 radical (unpaired) electrons. The predicted molar refractivity (Wildman–Crippen MR) is 26.2 cm³/mol. The van der Waals surface area contributed by atoms with Crippen LogP contribution in [0.3, 0.4) is 0 Å². The molecule has 0 fully saturated rings. The van der Waals surface area contributed by atoms with E-state index in [-0.39, 0.29) is 5.96 Å². The van der Waals surface area contributed by atoms with Crippen LogP contribution in [0.4, 0.5) is 0 Å². The summed E-state index contributed by atoms with van der Waals surface area (Å²) in [6.45, 7) is 0. The molecule has 0 spiro atoms. The second-order valence-electron chi connectivity index (χ2n) is 0.940. The molecule has 0 atom stereocenters. The standard InChI is InChI=1S/CHN5.HNO3/c2-1-3-5-6-4-1;2-1(3)4/h2H;(H,2,3,4). The molecule has 0 aromatic heterocycles. The highest BCUT2D eigenvalue weighted by Crippen LogP contribution is 1.92. The van der Waals surface area contributed by atoms with Crippen molar-refractivity contribution in [3.8, 4) is 0 Å². The fourth-order valence-corrected chi connectivity index (χ4v) is 0.145. The summed E-state index contributed by atoms with van der Waals surface area (Å²) in [5.41, 5.74) is 0. The van der Waals surface area contributed by atoms with Crippen LogP contribution in [0, 0.1) is 15.5 Å². The molecule has 2 N–H and O–H groups in total. The van der Waals surface area contributed by atoms with E-state index < -0.39 is 5.09 Å². The molecular formula is CH2N6O3. The van der Waals surface area contributed by atoms with E-state index in [1.54, 1.807) is 0 Å². The Hall–Kier alpha value is -1.93. The van der Waals surface area contributed by atoms with E-state index in [0.717, 1.165) is 0 Å². The van der Waals surface area contributed by atoms with Crippen molar-refractivity contribution in [2.24, 2.45) is 20.7 Å². The van der Waals surface area contributed by atoms with Gasteiger partial charge in [0.15, 0.2) is 0 Å². The van der Waals surface area contributed by atoms with Gasteiger partial charge in [0.25, 0.3) is 11.0 Å². The summed E-state index contributed by atoms with van der Waals surface area (Å²) in [6, 6.07) is 0. The maximum absolute atomic E-state index is 8.36. The quantitative estimate of drug-likeness (QED) is 0.378. The summed E-state index contributed by atoms with van der Waals surface area (Å²) < 4.78 is 0. The number of guanidine groups is 1. The van der Waals surface area contributed by atoms with Gasteiger partial charge < -0.3 is 5.21 Å². The van der Waals surface area contributed by atoms with Gasteiger partial charge in [-0.2, -0.15) is 0 Å². The van der Waals surface area contributed by atoms with E-state index in [9.17, 15) is 0 Å². The van der Waals surface area contributed by atoms with Crippen molar-refractivity contribution in [2.45, 2.75) is 0 Å². The lowest BCUT2D eigenvalue weighted by Gasteiger charge is -1.60. The second-order valence-corrected chi connectivity index (χ2v) is 0.940. The van der Waals surface area contributed by atoms with Gasteiger partial charge in [-0.15, -0.1) is 10.1 Å². The highest BCUT2D eigenvalue weighted by Gasteiger charge is 1.90. The molecule has 0 aliphatic carbocycles. The minimum Gasteiger partial charge on any atom is -0.328 e. The van der Waals surface area contributed by atoms with Crippen molar-refractivity contribution in [3.63, 3.8) is 0 Å². The Balaban J connectivity index is 0.000000180. The van der Waals surface area contributed by atoms with Crippen molar-refractivity contribution in [1.29, 1.82) is 5.41 Å². The van der Waals surface area contributed by atoms with Gasteiger partial charge in [0, 0.05) is 0 Å². The Bertz CT molecular complexity index is 175. The third-order valence-electron chi connectivity index (χ3n) is 0.319. The van der Waals surface area contributed by atoms with Crippen LogP contribution in [0.2, 0.25) is 0 Å². The third-order valence-corrected chi connectivity index (χ3v) is 0.319. The van der Waals surface area contributed by atoms with Crippen LogP contribution in [0.1, 0.15) is 0 Å². The van der Waals surface area contributed by atoms with Crippen LogP contribution in [-0.4, -0.2) is 16.3 Å². The molecule has 54 valence electrons. The van der Waals surface area contributed by atoms with Crippen molar-refractivity contribution >= 4 is 5.96 Å². The van der Waals surface area contributed by atoms with Gasteiger partial charge in [-0.1, -0.05) is 10.2 Å². The zero-order chi connectivity index (χ0) is 7.98. The Morgan fingerprint density at radius 1 is 1.50 bits per heavy atom. The maximum atomic E-state index is 8.36. The highest BCUT2D eigenvalue weighted by atomic mass is 16.9. The average molecular weight is 146 g/mol. The Morgan fingerprint density at radius 2 is 1.80 bits per heavy atom. The normalized spacial score (nSPS) is 12.6. The summed E-state index contributed by atoms with van der Waals surface area (Å²) in [4.78, 5) is 8.36. The number of nitrogens with one attached hydrogen (secondary N) is 1. The third kappa shape index (κ3) is 6.07.